The first-order valence-electron chi connectivity index (χ1n) is 6.11. The van der Waals surface area contributed by atoms with Gasteiger partial charge in [0.1, 0.15) is 6.61 Å². The first-order chi connectivity index (χ1) is 8.15. The SMILES string of the molecule is CC(=O)OC[C@H](C)NC1Cc2ccccc2C1. The van der Waals surface area contributed by atoms with Gasteiger partial charge in [0, 0.05) is 19.0 Å². The second-order valence-electron chi connectivity index (χ2n) is 4.74. The first-order valence-corrected chi connectivity index (χ1v) is 6.11. The maximum atomic E-state index is 10.7. The largest absolute Gasteiger partial charge is 0.464 e. The minimum atomic E-state index is -0.214. The van der Waals surface area contributed by atoms with Gasteiger partial charge in [-0.2, -0.15) is 0 Å². The number of rotatable bonds is 4. The van der Waals surface area contributed by atoms with Crippen LogP contribution in [-0.2, 0) is 22.4 Å². The predicted octanol–water partition coefficient (Wildman–Crippen LogP) is 1.69. The summed E-state index contributed by atoms with van der Waals surface area (Å²) in [7, 11) is 0. The van der Waals surface area contributed by atoms with Crippen molar-refractivity contribution in [2.45, 2.75) is 38.8 Å². The monoisotopic (exact) mass is 233 g/mol. The van der Waals surface area contributed by atoms with Crippen LogP contribution in [0.1, 0.15) is 25.0 Å². The Hall–Kier alpha value is -1.35. The van der Waals surface area contributed by atoms with Gasteiger partial charge in [-0.15, -0.1) is 0 Å². The van der Waals surface area contributed by atoms with Crippen LogP contribution in [0.2, 0.25) is 0 Å². The summed E-state index contributed by atoms with van der Waals surface area (Å²) < 4.78 is 4.99. The van der Waals surface area contributed by atoms with Gasteiger partial charge in [-0.1, -0.05) is 24.3 Å². The molecule has 3 heteroatoms. The van der Waals surface area contributed by atoms with Gasteiger partial charge in [-0.3, -0.25) is 4.79 Å². The number of carbonyl (C=O) groups is 1. The molecule has 0 saturated carbocycles. The molecule has 0 aromatic heterocycles. The Kier molecular flexibility index (Phi) is 3.79. The summed E-state index contributed by atoms with van der Waals surface area (Å²) in [4.78, 5) is 10.7. The summed E-state index contributed by atoms with van der Waals surface area (Å²) in [6.45, 7) is 3.94. The highest BCUT2D eigenvalue weighted by atomic mass is 16.5. The second-order valence-corrected chi connectivity index (χ2v) is 4.74. The fraction of sp³-hybridized carbons (Fsp3) is 0.500. The molecule has 0 unspecified atom stereocenters. The lowest BCUT2D eigenvalue weighted by Gasteiger charge is -2.18. The van der Waals surface area contributed by atoms with Crippen molar-refractivity contribution in [2.75, 3.05) is 6.61 Å². The summed E-state index contributed by atoms with van der Waals surface area (Å²) in [5, 5.41) is 3.50. The molecule has 1 aliphatic carbocycles. The highest BCUT2D eigenvalue weighted by Crippen LogP contribution is 2.21. The number of ether oxygens (including phenoxy) is 1. The van der Waals surface area contributed by atoms with Crippen LogP contribution in [0.5, 0.6) is 0 Å². The summed E-state index contributed by atoms with van der Waals surface area (Å²) >= 11 is 0. The molecule has 0 amide bonds. The van der Waals surface area contributed by atoms with Crippen LogP contribution in [0.15, 0.2) is 24.3 Å². The van der Waals surface area contributed by atoms with Crippen LogP contribution in [0.25, 0.3) is 0 Å². The first kappa shape index (κ1) is 12.1. The van der Waals surface area contributed by atoms with Crippen molar-refractivity contribution in [3.63, 3.8) is 0 Å². The van der Waals surface area contributed by atoms with Crippen molar-refractivity contribution >= 4 is 5.97 Å². The van der Waals surface area contributed by atoms with Crippen LogP contribution >= 0.6 is 0 Å². The van der Waals surface area contributed by atoms with Crippen molar-refractivity contribution in [1.82, 2.24) is 5.32 Å². The molecule has 0 radical (unpaired) electrons. The van der Waals surface area contributed by atoms with Crippen LogP contribution in [0.3, 0.4) is 0 Å². The van der Waals surface area contributed by atoms with Crippen molar-refractivity contribution in [3.05, 3.63) is 35.4 Å². The van der Waals surface area contributed by atoms with Crippen molar-refractivity contribution in [2.24, 2.45) is 0 Å². The zero-order valence-corrected chi connectivity index (χ0v) is 10.4. The van der Waals surface area contributed by atoms with Crippen molar-refractivity contribution in [1.29, 1.82) is 0 Å². The van der Waals surface area contributed by atoms with Crippen LogP contribution in [0, 0.1) is 0 Å². The molecule has 3 nitrogen and oxygen atoms in total. The molecule has 0 bridgehead atoms. The van der Waals surface area contributed by atoms with Gasteiger partial charge in [-0.25, -0.2) is 0 Å². The van der Waals surface area contributed by atoms with E-state index in [9.17, 15) is 4.79 Å². The average Bonchev–Trinajstić information content (AvgIpc) is 2.68. The molecule has 0 fully saturated rings. The Bertz CT molecular complexity index is 378. The molecule has 2 rings (SSSR count). The van der Waals surface area contributed by atoms with Crippen LogP contribution in [0.4, 0.5) is 0 Å². The lowest BCUT2D eigenvalue weighted by Crippen LogP contribution is -2.40. The number of hydrogen-bond acceptors (Lipinski definition) is 3. The minimum absolute atomic E-state index is 0.207. The fourth-order valence-corrected chi connectivity index (χ4v) is 2.37. The fourth-order valence-electron chi connectivity index (χ4n) is 2.37. The zero-order chi connectivity index (χ0) is 12.3. The van der Waals surface area contributed by atoms with E-state index in [4.69, 9.17) is 4.74 Å². The van der Waals surface area contributed by atoms with E-state index in [0.717, 1.165) is 12.8 Å². The van der Waals surface area contributed by atoms with Gasteiger partial charge >= 0.3 is 5.97 Å². The van der Waals surface area contributed by atoms with E-state index in [1.807, 2.05) is 6.92 Å². The second kappa shape index (κ2) is 5.32. The van der Waals surface area contributed by atoms with Crippen LogP contribution in [-0.4, -0.2) is 24.7 Å². The molecule has 1 aromatic carbocycles. The normalized spacial score (nSPS) is 16.6. The third-order valence-corrected chi connectivity index (χ3v) is 3.11. The third-order valence-electron chi connectivity index (χ3n) is 3.11. The molecule has 0 spiro atoms. The Morgan fingerprint density at radius 3 is 2.53 bits per heavy atom. The molecule has 1 N–H and O–H groups in total. The van der Waals surface area contributed by atoms with Crippen molar-refractivity contribution < 1.29 is 9.53 Å². The molecule has 0 saturated heterocycles. The average molecular weight is 233 g/mol. The van der Waals surface area contributed by atoms with Gasteiger partial charge in [0.25, 0.3) is 0 Å². The van der Waals surface area contributed by atoms with Gasteiger partial charge in [-0.05, 0) is 30.9 Å². The highest BCUT2D eigenvalue weighted by Gasteiger charge is 2.22. The maximum absolute atomic E-state index is 10.7. The van der Waals surface area contributed by atoms with Gasteiger partial charge in [0.15, 0.2) is 0 Å². The van der Waals surface area contributed by atoms with E-state index >= 15 is 0 Å². The van der Waals surface area contributed by atoms with Crippen LogP contribution < -0.4 is 5.32 Å². The van der Waals surface area contributed by atoms with Gasteiger partial charge in [0.2, 0.25) is 0 Å². The number of nitrogens with one attached hydrogen (secondary N) is 1. The Morgan fingerprint density at radius 1 is 1.41 bits per heavy atom. The summed E-state index contributed by atoms with van der Waals surface area (Å²) in [6.07, 6.45) is 2.14. The number of benzene rings is 1. The molecular weight excluding hydrogens is 214 g/mol. The van der Waals surface area contributed by atoms with E-state index in [2.05, 4.69) is 29.6 Å². The van der Waals surface area contributed by atoms with E-state index in [0.29, 0.717) is 12.6 Å². The summed E-state index contributed by atoms with van der Waals surface area (Å²) in [5.74, 6) is -0.214. The molecule has 1 atom stereocenters. The Morgan fingerprint density at radius 2 is 2.00 bits per heavy atom. The van der Waals surface area contributed by atoms with E-state index in [1.165, 1.54) is 18.1 Å². The highest BCUT2D eigenvalue weighted by molar-refractivity contribution is 5.65. The number of fused-ring (bicyclic) bond motifs is 1. The predicted molar refractivity (Wildman–Crippen MR) is 66.9 cm³/mol. The standard InChI is InChI=1S/C14H19NO2/c1-10(9-17-11(2)16)15-14-7-12-5-3-4-6-13(12)8-14/h3-6,10,14-15H,7-9H2,1-2H3/t10-/m0/s1. The van der Waals surface area contributed by atoms with Gasteiger partial charge in [0.05, 0.1) is 0 Å². The number of esters is 1. The summed E-state index contributed by atoms with van der Waals surface area (Å²) in [5.41, 5.74) is 2.87. The van der Waals surface area contributed by atoms with E-state index in [1.54, 1.807) is 0 Å². The number of hydrogen-bond donors (Lipinski definition) is 1. The smallest absolute Gasteiger partial charge is 0.302 e. The Labute approximate surface area is 102 Å². The lowest BCUT2D eigenvalue weighted by molar-refractivity contribution is -0.141. The molecule has 0 heterocycles. The number of carbonyl (C=O) groups excluding carboxylic acids is 1. The molecule has 1 aliphatic rings. The quantitative estimate of drug-likeness (QED) is 0.804. The molecule has 1 aromatic rings. The molecule has 17 heavy (non-hydrogen) atoms. The third kappa shape index (κ3) is 3.30. The molecular formula is C14H19NO2. The Balaban J connectivity index is 1.81. The van der Waals surface area contributed by atoms with E-state index in [-0.39, 0.29) is 12.0 Å². The molecule has 92 valence electrons. The lowest BCUT2D eigenvalue weighted by atomic mass is 10.1. The topological polar surface area (TPSA) is 38.3 Å². The van der Waals surface area contributed by atoms with Crippen molar-refractivity contribution in [3.8, 4) is 0 Å². The minimum Gasteiger partial charge on any atom is -0.464 e. The summed E-state index contributed by atoms with van der Waals surface area (Å²) in [6, 6.07) is 9.23. The van der Waals surface area contributed by atoms with E-state index < -0.39 is 0 Å². The molecule has 0 aliphatic heterocycles. The van der Waals surface area contributed by atoms with Gasteiger partial charge < -0.3 is 10.1 Å². The maximum Gasteiger partial charge on any atom is 0.302 e. The zero-order valence-electron chi connectivity index (χ0n) is 10.4.